The van der Waals surface area contributed by atoms with Gasteiger partial charge in [0, 0.05) is 10.9 Å². The summed E-state index contributed by atoms with van der Waals surface area (Å²) in [5.41, 5.74) is 3.53. The van der Waals surface area contributed by atoms with Gasteiger partial charge in [-0.1, -0.05) is 30.7 Å². The van der Waals surface area contributed by atoms with Crippen LogP contribution in [-0.4, -0.2) is 11.3 Å². The molecule has 0 atom stereocenters. The fraction of sp³-hybridized carbons (Fsp3) is 0.200. The van der Waals surface area contributed by atoms with E-state index in [-0.39, 0.29) is 0 Å². The van der Waals surface area contributed by atoms with Crippen molar-refractivity contribution < 1.29 is 4.79 Å². The number of hydrogen-bond acceptors (Lipinski definition) is 2. The Balaban J connectivity index is 2.59. The van der Waals surface area contributed by atoms with Crippen molar-refractivity contribution in [1.82, 2.24) is 4.98 Å². The van der Waals surface area contributed by atoms with Gasteiger partial charge in [0.2, 0.25) is 0 Å². The minimum atomic E-state index is 0.431. The molecule has 0 fully saturated rings. The Hall–Kier alpha value is -1.67. The lowest BCUT2D eigenvalue weighted by atomic mass is 10.1. The first-order valence-corrected chi connectivity index (χ1v) is 6.24. The van der Waals surface area contributed by atoms with Crippen molar-refractivity contribution in [2.45, 2.75) is 20.3 Å². The monoisotopic (exact) mass is 259 g/mol. The Labute approximate surface area is 111 Å². The van der Waals surface area contributed by atoms with Gasteiger partial charge in [-0.25, -0.2) is 4.98 Å². The zero-order valence-corrected chi connectivity index (χ0v) is 11.2. The van der Waals surface area contributed by atoms with Crippen LogP contribution in [0.2, 0.25) is 5.15 Å². The Kier molecular flexibility index (Phi) is 3.78. The van der Waals surface area contributed by atoms with Crippen LogP contribution in [0.1, 0.15) is 24.5 Å². The molecule has 0 saturated carbocycles. The molecular formula is C15H14ClNO. The van der Waals surface area contributed by atoms with Crippen molar-refractivity contribution in [2.24, 2.45) is 0 Å². The fourth-order valence-electron chi connectivity index (χ4n) is 1.79. The number of aromatic nitrogens is 1. The van der Waals surface area contributed by atoms with E-state index >= 15 is 0 Å². The summed E-state index contributed by atoms with van der Waals surface area (Å²) in [7, 11) is 0. The summed E-state index contributed by atoms with van der Waals surface area (Å²) in [5, 5.41) is 1.46. The number of carbonyl (C=O) groups excluding carboxylic acids is 1. The molecule has 2 rings (SSSR count). The number of nitrogens with zero attached hydrogens (tertiary/aromatic N) is 1. The molecule has 2 nitrogen and oxygen atoms in total. The van der Waals surface area contributed by atoms with Crippen LogP contribution in [0, 0.1) is 6.92 Å². The molecule has 18 heavy (non-hydrogen) atoms. The molecule has 92 valence electrons. The largest absolute Gasteiger partial charge is 0.298 e. The Morgan fingerprint density at radius 1 is 1.39 bits per heavy atom. The maximum atomic E-state index is 10.8. The summed E-state index contributed by atoms with van der Waals surface area (Å²) < 4.78 is 0. The average molecular weight is 260 g/mol. The Bertz CT molecular complexity index is 632. The Morgan fingerprint density at radius 2 is 2.17 bits per heavy atom. The third-order valence-electron chi connectivity index (χ3n) is 2.85. The van der Waals surface area contributed by atoms with Crippen molar-refractivity contribution in [3.05, 3.63) is 46.1 Å². The number of hydrogen-bond donors (Lipinski definition) is 0. The van der Waals surface area contributed by atoms with Gasteiger partial charge in [-0.05, 0) is 42.7 Å². The van der Waals surface area contributed by atoms with E-state index in [0.29, 0.717) is 17.1 Å². The lowest BCUT2D eigenvalue weighted by Gasteiger charge is -2.04. The summed E-state index contributed by atoms with van der Waals surface area (Å²) >= 11 is 6.14. The molecule has 1 aromatic carbocycles. The first-order valence-electron chi connectivity index (χ1n) is 5.86. The third kappa shape index (κ3) is 2.59. The topological polar surface area (TPSA) is 30.0 Å². The predicted octanol–water partition coefficient (Wildman–Crippen LogP) is 4.19. The van der Waals surface area contributed by atoms with E-state index in [2.05, 4.69) is 4.98 Å². The number of aryl methyl sites for hydroxylation is 1. The van der Waals surface area contributed by atoms with Crippen molar-refractivity contribution in [3.8, 4) is 0 Å². The molecule has 0 N–H and O–H groups in total. The number of fused-ring (bicyclic) bond motifs is 1. The standard InChI is InChI=1S/C15H14ClNO/c1-3-11(9-18)7-13-8-12-5-4-10(2)6-14(12)17-15(13)16/h4-9H,3H2,1-2H3. The van der Waals surface area contributed by atoms with E-state index in [1.165, 1.54) is 0 Å². The number of allylic oxidation sites excluding steroid dienone is 1. The summed E-state index contributed by atoms with van der Waals surface area (Å²) in [6.45, 7) is 3.95. The molecule has 0 amide bonds. The van der Waals surface area contributed by atoms with Crippen molar-refractivity contribution in [1.29, 1.82) is 0 Å². The molecule has 1 aromatic heterocycles. The molecule has 0 aliphatic carbocycles. The number of pyridine rings is 1. The van der Waals surface area contributed by atoms with E-state index < -0.39 is 0 Å². The van der Waals surface area contributed by atoms with E-state index in [4.69, 9.17) is 11.6 Å². The third-order valence-corrected chi connectivity index (χ3v) is 3.16. The van der Waals surface area contributed by atoms with Gasteiger partial charge in [0.05, 0.1) is 5.52 Å². The van der Waals surface area contributed by atoms with Gasteiger partial charge in [0.1, 0.15) is 11.4 Å². The highest BCUT2D eigenvalue weighted by molar-refractivity contribution is 6.31. The molecule has 0 aliphatic heterocycles. The molecule has 0 radical (unpaired) electrons. The molecule has 2 aromatic rings. The lowest BCUT2D eigenvalue weighted by molar-refractivity contribution is -0.104. The average Bonchev–Trinajstić information content (AvgIpc) is 2.36. The van der Waals surface area contributed by atoms with Gasteiger partial charge in [0.15, 0.2) is 0 Å². The summed E-state index contributed by atoms with van der Waals surface area (Å²) in [4.78, 5) is 15.2. The van der Waals surface area contributed by atoms with E-state index in [0.717, 1.165) is 28.3 Å². The van der Waals surface area contributed by atoms with Crippen molar-refractivity contribution in [2.75, 3.05) is 0 Å². The van der Waals surface area contributed by atoms with Crippen LogP contribution in [0.4, 0.5) is 0 Å². The normalized spacial score (nSPS) is 11.8. The smallest absolute Gasteiger partial charge is 0.146 e. The highest BCUT2D eigenvalue weighted by Crippen LogP contribution is 2.23. The van der Waals surface area contributed by atoms with Crippen LogP contribution in [0.15, 0.2) is 29.8 Å². The summed E-state index contributed by atoms with van der Waals surface area (Å²) in [6.07, 6.45) is 3.34. The number of benzene rings is 1. The van der Waals surface area contributed by atoms with E-state index in [9.17, 15) is 4.79 Å². The molecule has 0 unspecified atom stereocenters. The maximum Gasteiger partial charge on any atom is 0.146 e. The summed E-state index contributed by atoms with van der Waals surface area (Å²) in [6, 6.07) is 8.00. The van der Waals surface area contributed by atoms with E-state index in [1.54, 1.807) is 6.08 Å². The maximum absolute atomic E-state index is 10.8. The molecule has 0 spiro atoms. The second-order valence-electron chi connectivity index (χ2n) is 4.26. The zero-order chi connectivity index (χ0) is 13.1. The number of carbonyl (C=O) groups is 1. The zero-order valence-electron chi connectivity index (χ0n) is 10.4. The van der Waals surface area contributed by atoms with Gasteiger partial charge >= 0.3 is 0 Å². The minimum Gasteiger partial charge on any atom is -0.298 e. The second kappa shape index (κ2) is 5.32. The molecule has 3 heteroatoms. The van der Waals surface area contributed by atoms with Gasteiger partial charge in [0.25, 0.3) is 0 Å². The molecule has 0 aliphatic rings. The van der Waals surface area contributed by atoms with Crippen LogP contribution in [0.5, 0.6) is 0 Å². The minimum absolute atomic E-state index is 0.431. The van der Waals surface area contributed by atoms with Crippen LogP contribution < -0.4 is 0 Å². The van der Waals surface area contributed by atoms with Crippen LogP contribution in [-0.2, 0) is 4.79 Å². The molecule has 1 heterocycles. The number of halogens is 1. The van der Waals surface area contributed by atoms with Gasteiger partial charge in [-0.15, -0.1) is 0 Å². The summed E-state index contributed by atoms with van der Waals surface area (Å²) in [5.74, 6) is 0. The van der Waals surface area contributed by atoms with Crippen LogP contribution in [0.25, 0.3) is 17.0 Å². The lowest BCUT2D eigenvalue weighted by Crippen LogP contribution is -1.88. The van der Waals surface area contributed by atoms with Crippen molar-refractivity contribution in [3.63, 3.8) is 0 Å². The second-order valence-corrected chi connectivity index (χ2v) is 4.61. The van der Waals surface area contributed by atoms with Crippen molar-refractivity contribution >= 4 is 34.9 Å². The molecule has 0 saturated heterocycles. The van der Waals surface area contributed by atoms with Crippen LogP contribution in [0.3, 0.4) is 0 Å². The highest BCUT2D eigenvalue weighted by Gasteiger charge is 2.04. The van der Waals surface area contributed by atoms with Gasteiger partial charge in [-0.2, -0.15) is 0 Å². The van der Waals surface area contributed by atoms with Crippen LogP contribution >= 0.6 is 11.6 Å². The fourth-order valence-corrected chi connectivity index (χ4v) is 1.99. The SMILES string of the molecule is CCC(C=O)=Cc1cc2ccc(C)cc2nc1Cl. The predicted molar refractivity (Wildman–Crippen MR) is 75.8 cm³/mol. The highest BCUT2D eigenvalue weighted by atomic mass is 35.5. The number of aldehydes is 1. The first kappa shape index (κ1) is 12.8. The number of rotatable bonds is 3. The Morgan fingerprint density at radius 3 is 2.83 bits per heavy atom. The van der Waals surface area contributed by atoms with E-state index in [1.807, 2.05) is 38.1 Å². The first-order chi connectivity index (χ1) is 8.63. The van der Waals surface area contributed by atoms with Gasteiger partial charge < -0.3 is 0 Å². The molecule has 0 bridgehead atoms. The molecular weight excluding hydrogens is 246 g/mol. The quantitative estimate of drug-likeness (QED) is 0.470. The van der Waals surface area contributed by atoms with Gasteiger partial charge in [-0.3, -0.25) is 4.79 Å².